The van der Waals surface area contributed by atoms with E-state index in [9.17, 15) is 0 Å². The lowest BCUT2D eigenvalue weighted by Crippen LogP contribution is -2.30. The van der Waals surface area contributed by atoms with Crippen LogP contribution in [0.2, 0.25) is 0 Å². The fourth-order valence-electron chi connectivity index (χ4n) is 4.44. The summed E-state index contributed by atoms with van der Waals surface area (Å²) < 4.78 is 6.05. The van der Waals surface area contributed by atoms with Gasteiger partial charge in [-0.05, 0) is 60.7 Å². The zero-order chi connectivity index (χ0) is 22.8. The van der Waals surface area contributed by atoms with Crippen molar-refractivity contribution in [2.24, 2.45) is 5.73 Å². The summed E-state index contributed by atoms with van der Waals surface area (Å²) in [5.74, 6) is 0.725. The largest absolute Gasteiger partial charge is 0.490 e. The molecule has 6 nitrogen and oxygen atoms in total. The van der Waals surface area contributed by atoms with Gasteiger partial charge in [-0.25, -0.2) is 0 Å². The van der Waals surface area contributed by atoms with Crippen LogP contribution in [0.5, 0.6) is 5.75 Å². The van der Waals surface area contributed by atoms with E-state index in [1.54, 1.807) is 6.20 Å². The minimum atomic E-state index is -0.117. The SMILES string of the molecule is CCCc1cc(-c2cncc(OC[C@@H](N)Cc3c[nH]c4ccccc34)c2)cc2c(C)[nH]nc12. The molecule has 0 aliphatic carbocycles. The summed E-state index contributed by atoms with van der Waals surface area (Å²) >= 11 is 0. The Labute approximate surface area is 193 Å². The molecule has 0 radical (unpaired) electrons. The molecule has 4 N–H and O–H groups in total. The van der Waals surface area contributed by atoms with Crippen molar-refractivity contribution < 1.29 is 4.74 Å². The van der Waals surface area contributed by atoms with Crippen molar-refractivity contribution in [2.45, 2.75) is 39.2 Å². The maximum Gasteiger partial charge on any atom is 0.138 e. The summed E-state index contributed by atoms with van der Waals surface area (Å²) in [4.78, 5) is 7.74. The summed E-state index contributed by atoms with van der Waals surface area (Å²) in [6, 6.07) is 14.6. The smallest absolute Gasteiger partial charge is 0.138 e. The van der Waals surface area contributed by atoms with Crippen LogP contribution in [-0.2, 0) is 12.8 Å². The number of rotatable bonds is 8. The highest BCUT2D eigenvalue weighted by Crippen LogP contribution is 2.30. The van der Waals surface area contributed by atoms with Gasteiger partial charge in [0.2, 0.25) is 0 Å². The topological polar surface area (TPSA) is 92.6 Å². The van der Waals surface area contributed by atoms with Crippen LogP contribution in [0.4, 0.5) is 0 Å². The molecule has 0 bridgehead atoms. The third-order valence-electron chi connectivity index (χ3n) is 6.12. The molecule has 0 spiro atoms. The summed E-state index contributed by atoms with van der Waals surface area (Å²) in [5, 5.41) is 9.99. The predicted octanol–water partition coefficient (Wildman–Crippen LogP) is 5.32. The Morgan fingerprint density at radius 3 is 2.79 bits per heavy atom. The van der Waals surface area contributed by atoms with Gasteiger partial charge in [-0.3, -0.25) is 10.1 Å². The van der Waals surface area contributed by atoms with E-state index in [4.69, 9.17) is 10.5 Å². The van der Waals surface area contributed by atoms with Crippen LogP contribution in [-0.4, -0.2) is 32.8 Å². The molecule has 5 aromatic rings. The number of aromatic nitrogens is 4. The average Bonchev–Trinajstić information content (AvgIpc) is 3.42. The minimum absolute atomic E-state index is 0.117. The van der Waals surface area contributed by atoms with Gasteiger partial charge < -0.3 is 15.5 Å². The summed E-state index contributed by atoms with van der Waals surface area (Å²) in [6.07, 6.45) is 8.46. The number of hydrogen-bond donors (Lipinski definition) is 3. The van der Waals surface area contributed by atoms with Gasteiger partial charge in [-0.2, -0.15) is 5.10 Å². The molecule has 0 saturated carbocycles. The number of nitrogens with two attached hydrogens (primary N) is 1. The van der Waals surface area contributed by atoms with E-state index in [2.05, 4.69) is 58.3 Å². The number of aromatic amines is 2. The lowest BCUT2D eigenvalue weighted by molar-refractivity contribution is 0.287. The van der Waals surface area contributed by atoms with Crippen molar-refractivity contribution in [3.05, 3.63) is 77.9 Å². The van der Waals surface area contributed by atoms with E-state index >= 15 is 0 Å². The zero-order valence-electron chi connectivity index (χ0n) is 19.1. The third-order valence-corrected chi connectivity index (χ3v) is 6.12. The highest BCUT2D eigenvalue weighted by Gasteiger charge is 2.13. The number of nitrogens with zero attached hydrogens (tertiary/aromatic N) is 2. The molecule has 1 atom stereocenters. The number of pyridine rings is 1. The maximum absolute atomic E-state index is 6.40. The average molecular weight is 440 g/mol. The Morgan fingerprint density at radius 1 is 1.03 bits per heavy atom. The molecule has 0 unspecified atom stereocenters. The summed E-state index contributed by atoms with van der Waals surface area (Å²) in [7, 11) is 0. The number of aryl methyl sites for hydroxylation is 2. The molecule has 3 aromatic heterocycles. The Hall–Kier alpha value is -3.64. The minimum Gasteiger partial charge on any atom is -0.490 e. The fourth-order valence-corrected chi connectivity index (χ4v) is 4.44. The van der Waals surface area contributed by atoms with Gasteiger partial charge in [0.1, 0.15) is 12.4 Å². The number of ether oxygens (including phenoxy) is 1. The standard InChI is InChI=1S/C27H29N5O/c1-3-6-18-9-19(12-25-17(2)31-32-27(18)25)20-11-23(15-29-13-20)33-16-22(28)10-21-14-30-26-8-5-4-7-24(21)26/h4-5,7-9,11-15,22,30H,3,6,10,16,28H2,1-2H3,(H,31,32)/t22-/m0/s1. The normalized spacial score (nSPS) is 12.5. The first kappa shape index (κ1) is 21.2. The fraction of sp³-hybridized carbons (Fsp3) is 0.259. The van der Waals surface area contributed by atoms with Crippen molar-refractivity contribution in [2.75, 3.05) is 6.61 Å². The quantitative estimate of drug-likeness (QED) is 0.305. The van der Waals surface area contributed by atoms with Gasteiger partial charge in [0, 0.05) is 46.0 Å². The number of para-hydroxylation sites is 1. The number of benzene rings is 2. The van der Waals surface area contributed by atoms with Gasteiger partial charge in [-0.1, -0.05) is 31.5 Å². The summed E-state index contributed by atoms with van der Waals surface area (Å²) in [5.41, 5.74) is 14.3. The molecule has 0 saturated heterocycles. The van der Waals surface area contributed by atoms with Crippen molar-refractivity contribution in [3.8, 4) is 16.9 Å². The second-order valence-corrected chi connectivity index (χ2v) is 8.67. The molecule has 0 fully saturated rings. The Morgan fingerprint density at radius 2 is 1.91 bits per heavy atom. The van der Waals surface area contributed by atoms with Crippen molar-refractivity contribution in [1.82, 2.24) is 20.2 Å². The Kier molecular flexibility index (Phi) is 5.84. The highest BCUT2D eigenvalue weighted by atomic mass is 16.5. The maximum atomic E-state index is 6.40. The molecular formula is C27H29N5O. The number of fused-ring (bicyclic) bond motifs is 2. The van der Waals surface area contributed by atoms with Crippen LogP contribution in [0.3, 0.4) is 0 Å². The Balaban J connectivity index is 1.33. The highest BCUT2D eigenvalue weighted by molar-refractivity contribution is 5.89. The number of hydrogen-bond acceptors (Lipinski definition) is 4. The molecule has 168 valence electrons. The van der Waals surface area contributed by atoms with Crippen molar-refractivity contribution in [3.63, 3.8) is 0 Å². The lowest BCUT2D eigenvalue weighted by Gasteiger charge is -2.14. The molecule has 0 aliphatic heterocycles. The molecule has 0 aliphatic rings. The van der Waals surface area contributed by atoms with Crippen LogP contribution in [0.15, 0.2) is 61.1 Å². The molecule has 0 amide bonds. The molecule has 5 rings (SSSR count). The van der Waals surface area contributed by atoms with E-state index in [1.807, 2.05) is 30.6 Å². The summed E-state index contributed by atoms with van der Waals surface area (Å²) in [6.45, 7) is 4.67. The number of H-pyrrole nitrogens is 2. The van der Waals surface area contributed by atoms with Crippen LogP contribution in [0.1, 0.15) is 30.2 Å². The van der Waals surface area contributed by atoms with E-state index in [0.29, 0.717) is 6.61 Å². The van der Waals surface area contributed by atoms with Crippen molar-refractivity contribution >= 4 is 21.8 Å². The van der Waals surface area contributed by atoms with Crippen molar-refractivity contribution in [1.29, 1.82) is 0 Å². The molecular weight excluding hydrogens is 410 g/mol. The van der Waals surface area contributed by atoms with Gasteiger partial charge >= 0.3 is 0 Å². The zero-order valence-corrected chi connectivity index (χ0v) is 19.1. The van der Waals surface area contributed by atoms with Gasteiger partial charge in [0.05, 0.1) is 11.7 Å². The molecule has 3 heterocycles. The first-order valence-electron chi connectivity index (χ1n) is 11.5. The van der Waals surface area contributed by atoms with E-state index < -0.39 is 0 Å². The van der Waals surface area contributed by atoms with Crippen LogP contribution < -0.4 is 10.5 Å². The molecule has 33 heavy (non-hydrogen) atoms. The molecule has 6 heteroatoms. The second-order valence-electron chi connectivity index (χ2n) is 8.67. The van der Waals surface area contributed by atoms with Crippen LogP contribution >= 0.6 is 0 Å². The van der Waals surface area contributed by atoms with Crippen LogP contribution in [0.25, 0.3) is 32.9 Å². The first-order chi connectivity index (χ1) is 16.1. The second kappa shape index (κ2) is 9.08. The third kappa shape index (κ3) is 4.34. The number of nitrogens with one attached hydrogen (secondary N) is 2. The van der Waals surface area contributed by atoms with Gasteiger partial charge in [0.15, 0.2) is 0 Å². The monoisotopic (exact) mass is 439 g/mol. The van der Waals surface area contributed by atoms with Gasteiger partial charge in [-0.15, -0.1) is 0 Å². The molecule has 2 aromatic carbocycles. The van der Waals surface area contributed by atoms with E-state index in [0.717, 1.165) is 58.3 Å². The lowest BCUT2D eigenvalue weighted by atomic mass is 9.98. The van der Waals surface area contributed by atoms with E-state index in [-0.39, 0.29) is 6.04 Å². The van der Waals surface area contributed by atoms with Crippen LogP contribution in [0, 0.1) is 6.92 Å². The first-order valence-corrected chi connectivity index (χ1v) is 11.5. The van der Waals surface area contributed by atoms with Gasteiger partial charge in [0.25, 0.3) is 0 Å². The Bertz CT molecular complexity index is 1400. The van der Waals surface area contributed by atoms with E-state index in [1.165, 1.54) is 16.5 Å². The predicted molar refractivity (Wildman–Crippen MR) is 134 cm³/mol.